The van der Waals surface area contributed by atoms with Gasteiger partial charge in [-0.15, -0.1) is 12.4 Å². The zero-order valence-corrected chi connectivity index (χ0v) is 28.6. The van der Waals surface area contributed by atoms with Gasteiger partial charge in [0.05, 0.1) is 0 Å². The van der Waals surface area contributed by atoms with Crippen molar-refractivity contribution in [1.82, 2.24) is 0 Å². The summed E-state index contributed by atoms with van der Waals surface area (Å²) in [5.74, 6) is -1.31. The molecule has 0 bridgehead atoms. The molecule has 0 atom stereocenters. The molecule has 0 aromatic carbocycles. The molecule has 0 spiro atoms. The predicted octanol–water partition coefficient (Wildman–Crippen LogP) is 12.2. The van der Waals surface area contributed by atoms with Crippen molar-refractivity contribution in [2.45, 2.75) is 219 Å². The van der Waals surface area contributed by atoms with E-state index in [4.69, 9.17) is 10.2 Å². The second kappa shape index (κ2) is 45.9. The Bertz CT molecular complexity index is 461. The molecule has 0 unspecified atom stereocenters. The van der Waals surface area contributed by atoms with Gasteiger partial charge in [-0.2, -0.15) is 0 Å². The molecule has 0 aromatic rings. The zero-order valence-electron chi connectivity index (χ0n) is 27.7. The summed E-state index contributed by atoms with van der Waals surface area (Å²) in [6.45, 7) is 4.54. The van der Waals surface area contributed by atoms with E-state index in [1.54, 1.807) is 0 Å². The van der Waals surface area contributed by atoms with Crippen molar-refractivity contribution in [2.75, 3.05) is 0 Å². The number of rotatable bonds is 32. The van der Waals surface area contributed by atoms with Gasteiger partial charge in [0.2, 0.25) is 0 Å². The van der Waals surface area contributed by atoms with Crippen LogP contribution in [-0.4, -0.2) is 59.9 Å². The summed E-state index contributed by atoms with van der Waals surface area (Å²) in [5, 5.41) is 17.0. The van der Waals surface area contributed by atoms with Gasteiger partial charge in [-0.25, -0.2) is 0 Å². The van der Waals surface area contributed by atoms with Crippen LogP contribution in [0, 0.1) is 0 Å². The molecule has 42 heavy (non-hydrogen) atoms. The second-order valence-electron chi connectivity index (χ2n) is 12.2. The molecule has 0 saturated carbocycles. The first kappa shape index (κ1) is 49.4. The minimum atomic E-state index is -0.653. The fourth-order valence-electron chi connectivity index (χ4n) is 5.30. The average Bonchev–Trinajstić information content (AvgIpc) is 2.93. The van der Waals surface area contributed by atoms with Crippen LogP contribution >= 0.6 is 12.4 Å². The quantitative estimate of drug-likeness (QED) is 0.0563. The fraction of sp³-hybridized carbons (Fsp3) is 0.944. The van der Waals surface area contributed by atoms with E-state index >= 15 is 0 Å². The van der Waals surface area contributed by atoms with Crippen LogP contribution in [0.5, 0.6) is 0 Å². The van der Waals surface area contributed by atoms with E-state index < -0.39 is 11.9 Å². The molecule has 0 rings (SSSR count). The topological polar surface area (TPSA) is 74.6 Å². The molecule has 0 saturated heterocycles. The Kier molecular flexibility index (Phi) is 54.0. The molecule has 4 nitrogen and oxygen atoms in total. The van der Waals surface area contributed by atoms with Gasteiger partial charge in [-0.05, 0) is 12.8 Å². The molecule has 2 N–H and O–H groups in total. The number of carboxylic acids is 2. The van der Waals surface area contributed by atoms with Gasteiger partial charge in [0.15, 0.2) is 0 Å². The number of hydrogen-bond acceptors (Lipinski definition) is 2. The Morgan fingerprint density at radius 3 is 0.619 bits per heavy atom. The number of unbranched alkanes of at least 4 members (excludes halogenated alkanes) is 28. The third-order valence-corrected chi connectivity index (χ3v) is 7.99. The molecule has 6 heteroatoms. The van der Waals surface area contributed by atoms with E-state index in [-0.39, 0.29) is 50.1 Å². The number of hydrogen-bond donors (Lipinski definition) is 2. The first-order valence-electron chi connectivity index (χ1n) is 18.0. The summed E-state index contributed by atoms with van der Waals surface area (Å²) in [4.78, 5) is 20.7. The van der Waals surface area contributed by atoms with Crippen molar-refractivity contribution >= 4 is 62.1 Å². The van der Waals surface area contributed by atoms with Crippen LogP contribution in [-0.2, 0) is 9.59 Å². The van der Waals surface area contributed by atoms with Crippen LogP contribution < -0.4 is 0 Å². The molecule has 0 amide bonds. The van der Waals surface area contributed by atoms with Crippen molar-refractivity contribution in [2.24, 2.45) is 0 Å². The molecular weight excluding hydrogens is 572 g/mol. The number of aliphatic carboxylic acids is 2. The number of halogens is 1. The van der Waals surface area contributed by atoms with Gasteiger partial charge in [0.1, 0.15) is 0 Å². The third kappa shape index (κ3) is 53.1. The van der Waals surface area contributed by atoms with E-state index in [9.17, 15) is 9.59 Å². The van der Waals surface area contributed by atoms with Gasteiger partial charge in [-0.1, -0.05) is 194 Å². The Labute approximate surface area is 299 Å². The van der Waals surface area contributed by atoms with E-state index in [1.807, 2.05) is 0 Å². The van der Waals surface area contributed by atoms with Crippen LogP contribution in [0.2, 0.25) is 0 Å². The molecule has 0 fully saturated rings. The number of carboxylic acid groups (broad SMARTS) is 2. The van der Waals surface area contributed by atoms with Gasteiger partial charge in [-0.3, -0.25) is 9.59 Å². The van der Waals surface area contributed by atoms with Crippen LogP contribution in [0.1, 0.15) is 219 Å². The van der Waals surface area contributed by atoms with Crippen molar-refractivity contribution < 1.29 is 19.8 Å². The van der Waals surface area contributed by atoms with E-state index in [0.29, 0.717) is 12.8 Å². The monoisotopic (exact) mass is 646 g/mol. The molecule has 0 aliphatic carbocycles. The Morgan fingerprint density at radius 1 is 0.333 bits per heavy atom. The Balaban J connectivity index is -0.000000328. The standard InChI is InChI=1S/2C18H36O2.Ca.ClH.2H/c2*1-2-3-4-5-6-7-8-9-10-11-12-13-14-15-16-17-18(19)20;;;;/h2*2-17H2,1H3,(H,19,20);;1H;;. The molecular formula is C36H75CaClO4. The average molecular weight is 648 g/mol. The number of carbonyl (C=O) groups is 2. The van der Waals surface area contributed by atoms with Crippen LogP contribution in [0.15, 0.2) is 0 Å². The summed E-state index contributed by atoms with van der Waals surface area (Å²) in [5.41, 5.74) is 0. The van der Waals surface area contributed by atoms with Gasteiger partial charge >= 0.3 is 49.7 Å². The summed E-state index contributed by atoms with van der Waals surface area (Å²) in [7, 11) is 0. The maximum atomic E-state index is 10.3. The van der Waals surface area contributed by atoms with Gasteiger partial charge in [0.25, 0.3) is 0 Å². The predicted molar refractivity (Wildman–Crippen MR) is 190 cm³/mol. The van der Waals surface area contributed by atoms with E-state index in [0.717, 1.165) is 25.7 Å². The van der Waals surface area contributed by atoms with Crippen molar-refractivity contribution in [3.8, 4) is 0 Å². The normalized spacial score (nSPS) is 10.3. The first-order valence-corrected chi connectivity index (χ1v) is 18.0. The maximum absolute atomic E-state index is 10.3. The van der Waals surface area contributed by atoms with Crippen LogP contribution in [0.3, 0.4) is 0 Å². The van der Waals surface area contributed by atoms with Gasteiger partial charge in [0, 0.05) is 12.8 Å². The summed E-state index contributed by atoms with van der Waals surface area (Å²) in [6, 6.07) is 0. The van der Waals surface area contributed by atoms with Gasteiger partial charge < -0.3 is 10.2 Å². The first-order chi connectivity index (χ1) is 19.5. The SMILES string of the molecule is CCCCCCCCCCCCCCCCCC(=O)O.CCCCCCCCCCCCCCCCCC(=O)O.Cl.[CaH2]. The van der Waals surface area contributed by atoms with Crippen LogP contribution in [0.4, 0.5) is 0 Å². The molecule has 0 radical (unpaired) electrons. The van der Waals surface area contributed by atoms with Crippen molar-refractivity contribution in [3.63, 3.8) is 0 Å². The summed E-state index contributed by atoms with van der Waals surface area (Å²) < 4.78 is 0. The summed E-state index contributed by atoms with van der Waals surface area (Å²) in [6.07, 6.45) is 40.4. The third-order valence-electron chi connectivity index (χ3n) is 7.99. The van der Waals surface area contributed by atoms with Crippen LogP contribution in [0.25, 0.3) is 0 Å². The summed E-state index contributed by atoms with van der Waals surface area (Å²) >= 11 is 0. The molecule has 0 heterocycles. The zero-order chi connectivity index (χ0) is 29.8. The van der Waals surface area contributed by atoms with Crippen molar-refractivity contribution in [3.05, 3.63) is 0 Å². The Hall–Kier alpha value is 0.490. The van der Waals surface area contributed by atoms with Crippen molar-refractivity contribution in [1.29, 1.82) is 0 Å². The fourth-order valence-corrected chi connectivity index (χ4v) is 5.30. The molecule has 0 aliphatic heterocycles. The second-order valence-corrected chi connectivity index (χ2v) is 12.2. The van der Waals surface area contributed by atoms with E-state index in [2.05, 4.69) is 13.8 Å². The molecule has 0 aliphatic rings. The van der Waals surface area contributed by atoms with E-state index in [1.165, 1.54) is 167 Å². The molecule has 252 valence electrons. The minimum absolute atomic E-state index is 0. The Morgan fingerprint density at radius 2 is 0.476 bits per heavy atom. The molecule has 0 aromatic heterocycles.